The molecule has 15 heavy (non-hydrogen) atoms. The maximum atomic E-state index is 5.71. The van der Waals surface area contributed by atoms with Crippen molar-refractivity contribution in [2.75, 3.05) is 5.73 Å². The molecule has 0 radical (unpaired) electrons. The second-order valence-corrected chi connectivity index (χ2v) is 3.89. The van der Waals surface area contributed by atoms with Crippen molar-refractivity contribution in [3.63, 3.8) is 0 Å². The zero-order valence-corrected chi connectivity index (χ0v) is 9.44. The summed E-state index contributed by atoms with van der Waals surface area (Å²) in [6.45, 7) is 0. The molecule has 4 heteroatoms. The van der Waals surface area contributed by atoms with Crippen molar-refractivity contribution in [2.45, 2.75) is 0 Å². The Balaban J connectivity index is 2.26. The van der Waals surface area contributed by atoms with Crippen LogP contribution in [0.25, 0.3) is 0 Å². The van der Waals surface area contributed by atoms with Crippen molar-refractivity contribution < 1.29 is 4.74 Å². The number of nitrogens with two attached hydrogens (primary N) is 1. The second kappa shape index (κ2) is 4.31. The van der Waals surface area contributed by atoms with Crippen LogP contribution >= 0.6 is 15.9 Å². The van der Waals surface area contributed by atoms with Gasteiger partial charge in [0.15, 0.2) is 5.75 Å². The number of anilines is 1. The van der Waals surface area contributed by atoms with Gasteiger partial charge in [-0.15, -0.1) is 0 Å². The molecule has 0 aliphatic carbocycles. The first-order valence-corrected chi connectivity index (χ1v) is 5.18. The van der Waals surface area contributed by atoms with E-state index in [9.17, 15) is 0 Å². The molecule has 76 valence electrons. The van der Waals surface area contributed by atoms with Gasteiger partial charge in [-0.25, -0.2) is 0 Å². The van der Waals surface area contributed by atoms with Gasteiger partial charge in [0.25, 0.3) is 0 Å². The number of aromatic nitrogens is 1. The Hall–Kier alpha value is -1.55. The lowest BCUT2D eigenvalue weighted by molar-refractivity contribution is 0.484. The van der Waals surface area contributed by atoms with Gasteiger partial charge in [-0.05, 0) is 18.2 Å². The summed E-state index contributed by atoms with van der Waals surface area (Å²) in [6.07, 6.45) is 3.21. The second-order valence-electron chi connectivity index (χ2n) is 2.97. The molecule has 0 fully saturated rings. The molecule has 0 amide bonds. The van der Waals surface area contributed by atoms with Crippen molar-refractivity contribution in [3.8, 4) is 11.5 Å². The number of nitrogen functional groups attached to an aromatic ring is 1. The predicted octanol–water partition coefficient (Wildman–Crippen LogP) is 3.22. The van der Waals surface area contributed by atoms with Gasteiger partial charge in [0.1, 0.15) is 5.75 Å². The Labute approximate surface area is 96.0 Å². The SMILES string of the molecule is Nc1cnccc1Oc1cccc(Br)c1. The number of hydrogen-bond acceptors (Lipinski definition) is 3. The van der Waals surface area contributed by atoms with Crippen LogP contribution in [0.5, 0.6) is 11.5 Å². The third-order valence-electron chi connectivity index (χ3n) is 1.83. The summed E-state index contributed by atoms with van der Waals surface area (Å²) in [5.74, 6) is 1.35. The van der Waals surface area contributed by atoms with Gasteiger partial charge >= 0.3 is 0 Å². The molecule has 0 aliphatic rings. The zero-order chi connectivity index (χ0) is 10.7. The minimum Gasteiger partial charge on any atom is -0.455 e. The summed E-state index contributed by atoms with van der Waals surface area (Å²) in [4.78, 5) is 3.89. The van der Waals surface area contributed by atoms with Crippen molar-refractivity contribution in [1.82, 2.24) is 4.98 Å². The highest BCUT2D eigenvalue weighted by atomic mass is 79.9. The quantitative estimate of drug-likeness (QED) is 0.906. The van der Waals surface area contributed by atoms with Crippen LogP contribution in [0.15, 0.2) is 47.2 Å². The molecule has 0 atom stereocenters. The van der Waals surface area contributed by atoms with E-state index in [0.29, 0.717) is 11.4 Å². The maximum Gasteiger partial charge on any atom is 0.153 e. The van der Waals surface area contributed by atoms with Crippen LogP contribution < -0.4 is 10.5 Å². The van der Waals surface area contributed by atoms with Gasteiger partial charge in [0.05, 0.1) is 11.9 Å². The van der Waals surface area contributed by atoms with Gasteiger partial charge in [-0.2, -0.15) is 0 Å². The molecule has 0 spiro atoms. The van der Waals surface area contributed by atoms with Gasteiger partial charge in [-0.3, -0.25) is 4.98 Å². The van der Waals surface area contributed by atoms with Crippen LogP contribution in [0, 0.1) is 0 Å². The Kier molecular flexibility index (Phi) is 2.87. The fourth-order valence-electron chi connectivity index (χ4n) is 1.14. The maximum absolute atomic E-state index is 5.71. The molecule has 0 saturated heterocycles. The number of benzene rings is 1. The Morgan fingerprint density at radius 2 is 2.13 bits per heavy atom. The normalized spacial score (nSPS) is 9.93. The largest absolute Gasteiger partial charge is 0.455 e. The predicted molar refractivity (Wildman–Crippen MR) is 62.9 cm³/mol. The van der Waals surface area contributed by atoms with Crippen LogP contribution in [-0.2, 0) is 0 Å². The topological polar surface area (TPSA) is 48.1 Å². The van der Waals surface area contributed by atoms with E-state index >= 15 is 0 Å². The minimum atomic E-state index is 0.525. The summed E-state index contributed by atoms with van der Waals surface area (Å²) in [7, 11) is 0. The van der Waals surface area contributed by atoms with E-state index in [0.717, 1.165) is 10.2 Å². The summed E-state index contributed by atoms with van der Waals surface area (Å²) in [5.41, 5.74) is 6.23. The molecular weight excluding hydrogens is 256 g/mol. The van der Waals surface area contributed by atoms with Gasteiger partial charge in [0.2, 0.25) is 0 Å². The van der Waals surface area contributed by atoms with E-state index in [1.165, 1.54) is 0 Å². The number of rotatable bonds is 2. The third-order valence-corrected chi connectivity index (χ3v) is 2.33. The molecule has 2 aromatic rings. The number of pyridine rings is 1. The minimum absolute atomic E-state index is 0.525. The highest BCUT2D eigenvalue weighted by molar-refractivity contribution is 9.10. The molecular formula is C11H9BrN2O. The Morgan fingerprint density at radius 1 is 1.27 bits per heavy atom. The molecule has 3 nitrogen and oxygen atoms in total. The fraction of sp³-hybridized carbons (Fsp3) is 0. The van der Waals surface area contributed by atoms with Crippen LogP contribution in [0.4, 0.5) is 5.69 Å². The average molecular weight is 265 g/mol. The van der Waals surface area contributed by atoms with Crippen molar-refractivity contribution in [2.24, 2.45) is 0 Å². The van der Waals surface area contributed by atoms with Crippen molar-refractivity contribution >= 4 is 21.6 Å². The lowest BCUT2D eigenvalue weighted by Crippen LogP contribution is -1.92. The summed E-state index contributed by atoms with van der Waals surface area (Å²) in [5, 5.41) is 0. The molecule has 1 aromatic heterocycles. The number of nitrogens with zero attached hydrogens (tertiary/aromatic N) is 1. The molecule has 0 saturated carbocycles. The Morgan fingerprint density at radius 3 is 2.87 bits per heavy atom. The van der Waals surface area contributed by atoms with Crippen molar-refractivity contribution in [1.29, 1.82) is 0 Å². The lowest BCUT2D eigenvalue weighted by Gasteiger charge is -2.07. The van der Waals surface area contributed by atoms with E-state index in [2.05, 4.69) is 20.9 Å². The van der Waals surface area contributed by atoms with E-state index in [4.69, 9.17) is 10.5 Å². The van der Waals surface area contributed by atoms with E-state index in [-0.39, 0.29) is 0 Å². The van der Waals surface area contributed by atoms with Crippen LogP contribution in [0.1, 0.15) is 0 Å². The van der Waals surface area contributed by atoms with Gasteiger partial charge in [-0.1, -0.05) is 22.0 Å². The number of ether oxygens (including phenoxy) is 1. The summed E-state index contributed by atoms with van der Waals surface area (Å²) >= 11 is 3.37. The van der Waals surface area contributed by atoms with Gasteiger partial charge in [0, 0.05) is 16.7 Å². The number of halogens is 1. The highest BCUT2D eigenvalue weighted by Gasteiger charge is 2.01. The first-order chi connectivity index (χ1) is 7.25. The summed E-state index contributed by atoms with van der Waals surface area (Å²) < 4.78 is 6.56. The lowest BCUT2D eigenvalue weighted by atomic mass is 10.3. The third kappa shape index (κ3) is 2.47. The first-order valence-electron chi connectivity index (χ1n) is 4.38. The standard InChI is InChI=1S/C11H9BrN2O/c12-8-2-1-3-9(6-8)15-11-4-5-14-7-10(11)13/h1-7H,13H2. The molecule has 2 rings (SSSR count). The van der Waals surface area contributed by atoms with Gasteiger partial charge < -0.3 is 10.5 Å². The molecule has 2 N–H and O–H groups in total. The van der Waals surface area contributed by atoms with Crippen LogP contribution in [-0.4, -0.2) is 4.98 Å². The number of hydrogen-bond donors (Lipinski definition) is 1. The van der Waals surface area contributed by atoms with Crippen LogP contribution in [0.3, 0.4) is 0 Å². The molecule has 1 heterocycles. The fourth-order valence-corrected chi connectivity index (χ4v) is 1.52. The highest BCUT2D eigenvalue weighted by Crippen LogP contribution is 2.27. The molecule has 0 unspecified atom stereocenters. The van der Waals surface area contributed by atoms with E-state index in [1.807, 2.05) is 24.3 Å². The van der Waals surface area contributed by atoms with E-state index in [1.54, 1.807) is 18.5 Å². The van der Waals surface area contributed by atoms with E-state index < -0.39 is 0 Å². The Bertz CT molecular complexity index is 474. The first kappa shape index (κ1) is 9.98. The smallest absolute Gasteiger partial charge is 0.153 e. The summed E-state index contributed by atoms with van der Waals surface area (Å²) in [6, 6.07) is 9.31. The molecule has 0 bridgehead atoms. The molecule has 1 aromatic carbocycles. The van der Waals surface area contributed by atoms with Crippen molar-refractivity contribution in [3.05, 3.63) is 47.2 Å². The monoisotopic (exact) mass is 264 g/mol. The van der Waals surface area contributed by atoms with Crippen LogP contribution in [0.2, 0.25) is 0 Å². The zero-order valence-electron chi connectivity index (χ0n) is 7.85. The molecule has 0 aliphatic heterocycles. The average Bonchev–Trinajstić information content (AvgIpc) is 2.22.